The van der Waals surface area contributed by atoms with Crippen molar-refractivity contribution < 1.29 is 23.0 Å². The first-order valence-corrected chi connectivity index (χ1v) is 9.59. The van der Waals surface area contributed by atoms with E-state index in [0.29, 0.717) is 12.5 Å². The van der Waals surface area contributed by atoms with Crippen LogP contribution in [-0.2, 0) is 17.4 Å². The van der Waals surface area contributed by atoms with Crippen LogP contribution in [0.5, 0.6) is 0 Å². The summed E-state index contributed by atoms with van der Waals surface area (Å²) in [6, 6.07) is 0. The second kappa shape index (κ2) is 9.38. The van der Waals surface area contributed by atoms with Gasteiger partial charge in [-0.25, -0.2) is 4.98 Å². The molecule has 1 aromatic rings. The Hall–Kier alpha value is -1.08. The Labute approximate surface area is 185 Å². The molecule has 0 radical (unpaired) electrons. The molecule has 0 saturated carbocycles. The number of likely N-dealkylation sites (tertiary alicyclic amines) is 1. The highest BCUT2D eigenvalue weighted by molar-refractivity contribution is 14.0. The van der Waals surface area contributed by atoms with E-state index in [1.807, 2.05) is 6.92 Å². The molecule has 166 valence electrons. The number of aryl methyl sites for hydroxylation is 1. The third kappa shape index (κ3) is 4.98. The number of aliphatic imine (C=N–C) groups is 1. The van der Waals surface area contributed by atoms with Crippen LogP contribution in [0.3, 0.4) is 0 Å². The molecular weight excluding hydrogens is 502 g/mol. The zero-order chi connectivity index (χ0) is 20.4. The van der Waals surface area contributed by atoms with Gasteiger partial charge in [-0.05, 0) is 19.8 Å². The van der Waals surface area contributed by atoms with Gasteiger partial charge < -0.3 is 24.6 Å². The van der Waals surface area contributed by atoms with Crippen molar-refractivity contribution in [1.82, 2.24) is 19.8 Å². The van der Waals surface area contributed by atoms with Gasteiger partial charge in [0.2, 0.25) is 5.60 Å². The Morgan fingerprint density at radius 2 is 2.17 bits per heavy atom. The van der Waals surface area contributed by atoms with Crippen LogP contribution in [0.15, 0.2) is 17.4 Å². The molecule has 1 aromatic heterocycles. The first-order valence-electron chi connectivity index (χ1n) is 9.59. The highest BCUT2D eigenvalue weighted by Gasteiger charge is 2.57. The molecule has 3 rings (SSSR count). The van der Waals surface area contributed by atoms with Crippen molar-refractivity contribution in [2.24, 2.45) is 17.5 Å². The number of alkyl halides is 3. The lowest BCUT2D eigenvalue weighted by Gasteiger charge is -2.30. The normalized spacial score (nSPS) is 24.6. The quantitative estimate of drug-likeness (QED) is 0.347. The number of guanidine groups is 1. The van der Waals surface area contributed by atoms with Gasteiger partial charge in [0.15, 0.2) is 5.96 Å². The van der Waals surface area contributed by atoms with Gasteiger partial charge in [-0.15, -0.1) is 24.0 Å². The summed E-state index contributed by atoms with van der Waals surface area (Å²) in [5, 5.41) is 13.6. The molecule has 11 heteroatoms. The minimum atomic E-state index is -4.85. The van der Waals surface area contributed by atoms with Crippen LogP contribution >= 0.6 is 24.0 Å². The molecule has 3 heterocycles. The number of halogens is 4. The fourth-order valence-electron chi connectivity index (χ4n) is 3.98. The molecule has 2 unspecified atom stereocenters. The molecule has 2 N–H and O–H groups in total. The molecule has 29 heavy (non-hydrogen) atoms. The zero-order valence-corrected chi connectivity index (χ0v) is 19.0. The number of nitrogens with one attached hydrogen (secondary N) is 1. The number of hydrogen-bond acceptors (Lipinski definition) is 4. The molecule has 7 nitrogen and oxygen atoms in total. The van der Waals surface area contributed by atoms with Gasteiger partial charge in [0.05, 0.1) is 6.61 Å². The number of nitrogens with zero attached hydrogens (tertiary/aromatic N) is 4. The molecule has 2 aliphatic rings. The number of imidazole rings is 1. The van der Waals surface area contributed by atoms with Gasteiger partial charge in [-0.3, -0.25) is 4.99 Å². The number of hydrogen-bond donors (Lipinski definition) is 2. The van der Waals surface area contributed by atoms with Gasteiger partial charge in [0.25, 0.3) is 0 Å². The number of aliphatic hydroxyl groups is 1. The monoisotopic (exact) mass is 531 g/mol. The summed E-state index contributed by atoms with van der Waals surface area (Å²) < 4.78 is 47.6. The summed E-state index contributed by atoms with van der Waals surface area (Å²) in [5.74, 6) is 0.152. The molecule has 0 amide bonds. The molecule has 2 fully saturated rings. The van der Waals surface area contributed by atoms with E-state index in [-0.39, 0.29) is 35.9 Å². The molecule has 0 aromatic carbocycles. The van der Waals surface area contributed by atoms with Crippen molar-refractivity contribution in [2.75, 3.05) is 39.4 Å². The lowest BCUT2D eigenvalue weighted by molar-refractivity contribution is -0.272. The predicted octanol–water partition coefficient (Wildman–Crippen LogP) is 2.26. The summed E-state index contributed by atoms with van der Waals surface area (Å²) in [6.45, 7) is 5.40. The van der Waals surface area contributed by atoms with E-state index in [1.54, 1.807) is 0 Å². The Bertz CT molecular complexity index is 706. The summed E-state index contributed by atoms with van der Waals surface area (Å²) in [7, 11) is 1.43. The lowest BCUT2D eigenvalue weighted by atomic mass is 9.87. The SMILES string of the molecule is CCNC(=NCCC(O)(c1nccn1C)C(F)(F)F)N1CCC2(CCOC2)C1.I. The summed E-state index contributed by atoms with van der Waals surface area (Å²) in [5.41, 5.74) is -2.92. The van der Waals surface area contributed by atoms with E-state index in [4.69, 9.17) is 4.74 Å². The standard InChI is InChI=1S/C18H28F3N5O2.HI/c1-3-22-15(26-9-5-16(12-26)6-11-28-13-16)24-7-4-17(27,18(19,20)21)14-23-8-10-25(14)2;/h8,10,27H,3-7,9,11-13H2,1-2H3,(H,22,24);1H. The van der Waals surface area contributed by atoms with Crippen LogP contribution in [0, 0.1) is 5.41 Å². The molecule has 2 saturated heterocycles. The maximum absolute atomic E-state index is 13.6. The topological polar surface area (TPSA) is 74.9 Å². The second-order valence-electron chi connectivity index (χ2n) is 7.68. The van der Waals surface area contributed by atoms with E-state index in [2.05, 4.69) is 20.2 Å². The summed E-state index contributed by atoms with van der Waals surface area (Å²) >= 11 is 0. The van der Waals surface area contributed by atoms with E-state index in [9.17, 15) is 18.3 Å². The van der Waals surface area contributed by atoms with Crippen molar-refractivity contribution >= 4 is 29.9 Å². The van der Waals surface area contributed by atoms with Crippen LogP contribution < -0.4 is 5.32 Å². The number of aromatic nitrogens is 2. The van der Waals surface area contributed by atoms with E-state index < -0.39 is 24.0 Å². The van der Waals surface area contributed by atoms with Crippen LogP contribution in [0.25, 0.3) is 0 Å². The fraction of sp³-hybridized carbons (Fsp3) is 0.778. The molecule has 0 bridgehead atoms. The Morgan fingerprint density at radius 3 is 2.72 bits per heavy atom. The van der Waals surface area contributed by atoms with Gasteiger partial charge in [0.1, 0.15) is 5.82 Å². The zero-order valence-electron chi connectivity index (χ0n) is 16.7. The summed E-state index contributed by atoms with van der Waals surface area (Å²) in [6.07, 6.45) is -0.844. The number of rotatable bonds is 5. The van der Waals surface area contributed by atoms with Gasteiger partial charge in [-0.1, -0.05) is 0 Å². The van der Waals surface area contributed by atoms with E-state index in [0.717, 1.165) is 39.1 Å². The molecular formula is C18H29F3IN5O2. The van der Waals surface area contributed by atoms with E-state index in [1.165, 1.54) is 24.0 Å². The van der Waals surface area contributed by atoms with Crippen molar-refractivity contribution in [1.29, 1.82) is 0 Å². The minimum absolute atomic E-state index is 0. The van der Waals surface area contributed by atoms with Crippen molar-refractivity contribution in [2.45, 2.75) is 38.0 Å². The van der Waals surface area contributed by atoms with Crippen LogP contribution in [-0.4, -0.2) is 71.1 Å². The largest absolute Gasteiger partial charge is 0.424 e. The second-order valence-corrected chi connectivity index (χ2v) is 7.68. The van der Waals surface area contributed by atoms with Crippen LogP contribution in [0.4, 0.5) is 13.2 Å². The minimum Gasteiger partial charge on any atom is -0.381 e. The Balaban J connectivity index is 0.00000300. The van der Waals surface area contributed by atoms with Crippen molar-refractivity contribution in [3.05, 3.63) is 18.2 Å². The molecule has 0 aliphatic carbocycles. The Morgan fingerprint density at radius 1 is 1.41 bits per heavy atom. The molecule has 2 aliphatic heterocycles. The van der Waals surface area contributed by atoms with Crippen molar-refractivity contribution in [3.8, 4) is 0 Å². The molecule has 2 atom stereocenters. The van der Waals surface area contributed by atoms with Crippen LogP contribution in [0.2, 0.25) is 0 Å². The van der Waals surface area contributed by atoms with Gasteiger partial charge in [0, 0.05) is 64.1 Å². The Kier molecular flexibility index (Phi) is 7.82. The maximum atomic E-state index is 13.6. The first-order chi connectivity index (χ1) is 13.2. The van der Waals surface area contributed by atoms with Gasteiger partial charge in [-0.2, -0.15) is 13.2 Å². The van der Waals surface area contributed by atoms with Gasteiger partial charge >= 0.3 is 6.18 Å². The third-order valence-electron chi connectivity index (χ3n) is 5.65. The fourth-order valence-corrected chi connectivity index (χ4v) is 3.98. The maximum Gasteiger partial charge on any atom is 0.424 e. The average Bonchev–Trinajstić information content (AvgIpc) is 3.36. The third-order valence-corrected chi connectivity index (χ3v) is 5.65. The lowest BCUT2D eigenvalue weighted by Crippen LogP contribution is -2.45. The highest BCUT2D eigenvalue weighted by Crippen LogP contribution is 2.41. The van der Waals surface area contributed by atoms with Crippen molar-refractivity contribution in [3.63, 3.8) is 0 Å². The average molecular weight is 531 g/mol. The first kappa shape index (κ1) is 24.2. The smallest absolute Gasteiger partial charge is 0.381 e. The highest BCUT2D eigenvalue weighted by atomic mass is 127. The van der Waals surface area contributed by atoms with Crippen LogP contribution in [0.1, 0.15) is 32.0 Å². The summed E-state index contributed by atoms with van der Waals surface area (Å²) in [4.78, 5) is 10.2. The van der Waals surface area contributed by atoms with E-state index >= 15 is 0 Å². The predicted molar refractivity (Wildman–Crippen MR) is 113 cm³/mol. The number of ether oxygens (including phenoxy) is 1. The molecule has 1 spiro atoms.